The van der Waals surface area contributed by atoms with E-state index < -0.39 is 7.42 Å². The monoisotopic (exact) mass is 240 g/mol. The summed E-state index contributed by atoms with van der Waals surface area (Å²) in [6, 6.07) is 0. The first-order valence-corrected chi connectivity index (χ1v) is 9.66. The average Bonchev–Trinajstić information content (AvgIpc) is 2.10. The predicted molar refractivity (Wildman–Crippen MR) is 66.3 cm³/mol. The van der Waals surface area contributed by atoms with Gasteiger partial charge in [-0.3, -0.25) is 0 Å². The third-order valence-electron chi connectivity index (χ3n) is 2.56. The lowest BCUT2D eigenvalue weighted by atomic mass is 10.1. The molecule has 0 bridgehead atoms. The highest BCUT2D eigenvalue weighted by Crippen LogP contribution is 2.27. The Kier molecular flexibility index (Phi) is 9.93. The fourth-order valence-corrected chi connectivity index (χ4v) is 4.19. The maximum Gasteiger partial charge on any atom is 0.240 e. The summed E-state index contributed by atoms with van der Waals surface area (Å²) in [5, 5.41) is 0. The van der Waals surface area contributed by atoms with Crippen molar-refractivity contribution in [2.45, 2.75) is 64.3 Å². The van der Waals surface area contributed by atoms with Crippen molar-refractivity contribution >= 4 is 29.6 Å². The Morgan fingerprint density at radius 1 is 1.00 bits per heavy atom. The molecule has 0 rings (SSSR count). The van der Waals surface area contributed by atoms with Crippen LogP contribution in [-0.2, 0) is 0 Å². The van der Waals surface area contributed by atoms with E-state index in [2.05, 4.69) is 13.8 Å². The van der Waals surface area contributed by atoms with Gasteiger partial charge in [-0.1, -0.05) is 58.8 Å². The number of hydrogen-bond acceptors (Lipinski definition) is 0. The fourth-order valence-electron chi connectivity index (χ4n) is 1.52. The first kappa shape index (κ1) is 13.8. The highest BCUT2D eigenvalue weighted by Gasteiger charge is 2.16. The maximum absolute atomic E-state index is 5.99. The van der Waals surface area contributed by atoms with Crippen LogP contribution in [0.3, 0.4) is 0 Å². The van der Waals surface area contributed by atoms with E-state index in [9.17, 15) is 0 Å². The van der Waals surface area contributed by atoms with Gasteiger partial charge in [-0.2, -0.15) is 22.2 Å². The van der Waals surface area contributed by atoms with Gasteiger partial charge in [0.25, 0.3) is 0 Å². The second-order valence-corrected chi connectivity index (χ2v) is 8.81. The molecule has 1 atom stereocenters. The molecule has 0 aromatic heterocycles. The van der Waals surface area contributed by atoms with Gasteiger partial charge < -0.3 is 0 Å². The van der Waals surface area contributed by atoms with Gasteiger partial charge in [0.05, 0.1) is 0 Å². The molecule has 0 aliphatic rings. The highest BCUT2D eigenvalue weighted by atomic mass is 35.7. The quantitative estimate of drug-likeness (QED) is 0.324. The average molecular weight is 241 g/mol. The second-order valence-electron chi connectivity index (χ2n) is 3.71. The van der Waals surface area contributed by atoms with Crippen LogP contribution in [-0.4, -0.2) is 7.42 Å². The van der Waals surface area contributed by atoms with Crippen molar-refractivity contribution in [3.63, 3.8) is 0 Å². The van der Waals surface area contributed by atoms with Crippen LogP contribution in [0, 0.1) is 0 Å². The molecule has 0 fully saturated rings. The summed E-state index contributed by atoms with van der Waals surface area (Å²) < 4.78 is 0. The molecule has 1 unspecified atom stereocenters. The van der Waals surface area contributed by atoms with Crippen LogP contribution in [0.15, 0.2) is 0 Å². The van der Waals surface area contributed by atoms with Gasteiger partial charge in [0.15, 0.2) is 0 Å². The Morgan fingerprint density at radius 2 is 1.62 bits per heavy atom. The van der Waals surface area contributed by atoms with Crippen LogP contribution in [0.5, 0.6) is 0 Å². The van der Waals surface area contributed by atoms with Crippen molar-refractivity contribution < 1.29 is 0 Å². The molecule has 0 nitrogen and oxygen atoms in total. The number of rotatable bonds is 8. The topological polar surface area (TPSA) is 0 Å². The van der Waals surface area contributed by atoms with Gasteiger partial charge >= 0.3 is 0 Å². The van der Waals surface area contributed by atoms with E-state index in [0.717, 1.165) is 6.42 Å². The summed E-state index contributed by atoms with van der Waals surface area (Å²) in [5.41, 5.74) is 0.643. The molecule has 0 aromatic carbocycles. The van der Waals surface area contributed by atoms with E-state index in [1.807, 2.05) is 0 Å². The fraction of sp³-hybridized carbons (Fsp3) is 1.00. The summed E-state index contributed by atoms with van der Waals surface area (Å²) in [6.45, 7) is 4.44. The molecule has 0 spiro atoms. The zero-order chi connectivity index (χ0) is 10.1. The van der Waals surface area contributed by atoms with Crippen molar-refractivity contribution in [3.8, 4) is 0 Å². The van der Waals surface area contributed by atoms with Crippen molar-refractivity contribution in [2.24, 2.45) is 0 Å². The molecule has 0 N–H and O–H groups in total. The zero-order valence-corrected chi connectivity index (χ0v) is 11.5. The van der Waals surface area contributed by atoms with Gasteiger partial charge in [-0.05, 0) is 5.54 Å². The van der Waals surface area contributed by atoms with E-state index in [0.29, 0.717) is 5.54 Å². The maximum atomic E-state index is 5.99. The standard InChI is InChI=1S/C10H22Cl2Si/c1-3-5-6-7-8-9-10(4-2)13(11)12/h10,13H,3-9H2,1-2H3. The van der Waals surface area contributed by atoms with Gasteiger partial charge in [0.1, 0.15) is 0 Å². The van der Waals surface area contributed by atoms with Crippen LogP contribution in [0.4, 0.5) is 0 Å². The molecule has 0 saturated heterocycles. The molecule has 0 aliphatic carbocycles. The Labute approximate surface area is 94.0 Å². The summed E-state index contributed by atoms with van der Waals surface area (Å²) in [4.78, 5) is 0. The smallest absolute Gasteiger partial charge is 0.150 e. The van der Waals surface area contributed by atoms with Crippen LogP contribution >= 0.6 is 22.2 Å². The van der Waals surface area contributed by atoms with E-state index in [1.54, 1.807) is 0 Å². The van der Waals surface area contributed by atoms with Gasteiger partial charge in [-0.15, -0.1) is 0 Å². The first-order valence-electron chi connectivity index (χ1n) is 5.50. The first-order chi connectivity index (χ1) is 6.22. The molecule has 80 valence electrons. The third kappa shape index (κ3) is 7.84. The predicted octanol–water partition coefficient (Wildman–Crippen LogP) is 4.83. The Morgan fingerprint density at radius 3 is 2.08 bits per heavy atom. The summed E-state index contributed by atoms with van der Waals surface area (Å²) in [7, 11) is -1.40. The molecular formula is C10H22Cl2Si. The van der Waals surface area contributed by atoms with E-state index >= 15 is 0 Å². The van der Waals surface area contributed by atoms with Crippen LogP contribution in [0.2, 0.25) is 5.54 Å². The molecule has 0 radical (unpaired) electrons. The molecule has 13 heavy (non-hydrogen) atoms. The third-order valence-corrected chi connectivity index (χ3v) is 6.21. The second kappa shape index (κ2) is 9.36. The summed E-state index contributed by atoms with van der Waals surface area (Å²) >= 11 is 12.0. The van der Waals surface area contributed by atoms with E-state index in [-0.39, 0.29) is 0 Å². The summed E-state index contributed by atoms with van der Waals surface area (Å²) in [5.74, 6) is 0. The molecule has 0 amide bonds. The van der Waals surface area contributed by atoms with Crippen molar-refractivity contribution in [3.05, 3.63) is 0 Å². The van der Waals surface area contributed by atoms with Crippen LogP contribution in [0.1, 0.15) is 58.8 Å². The van der Waals surface area contributed by atoms with Crippen molar-refractivity contribution in [1.82, 2.24) is 0 Å². The molecule has 3 heteroatoms. The largest absolute Gasteiger partial charge is 0.240 e. The minimum absolute atomic E-state index is 0.643. The highest BCUT2D eigenvalue weighted by molar-refractivity contribution is 7.34. The Hall–Kier alpha value is 0.797. The van der Waals surface area contributed by atoms with E-state index in [1.165, 1.54) is 38.5 Å². The lowest BCUT2D eigenvalue weighted by Gasteiger charge is -2.13. The number of hydrogen-bond donors (Lipinski definition) is 0. The van der Waals surface area contributed by atoms with Gasteiger partial charge in [-0.25, -0.2) is 0 Å². The minimum atomic E-state index is -1.40. The zero-order valence-electron chi connectivity index (χ0n) is 8.86. The molecular weight excluding hydrogens is 219 g/mol. The molecule has 0 aromatic rings. The lowest BCUT2D eigenvalue weighted by Crippen LogP contribution is -2.05. The van der Waals surface area contributed by atoms with Crippen molar-refractivity contribution in [1.29, 1.82) is 0 Å². The minimum Gasteiger partial charge on any atom is -0.150 e. The molecule has 0 saturated carbocycles. The van der Waals surface area contributed by atoms with Gasteiger partial charge in [0, 0.05) is 0 Å². The van der Waals surface area contributed by atoms with Crippen LogP contribution < -0.4 is 0 Å². The number of unbranched alkanes of at least 4 members (excludes halogenated alkanes) is 4. The van der Waals surface area contributed by atoms with Crippen molar-refractivity contribution in [2.75, 3.05) is 0 Å². The van der Waals surface area contributed by atoms with Crippen LogP contribution in [0.25, 0.3) is 0 Å². The Balaban J connectivity index is 3.28. The Bertz CT molecular complexity index is 107. The SMILES string of the molecule is CCCCCCCC(CC)[SiH](Cl)Cl. The summed E-state index contributed by atoms with van der Waals surface area (Å²) in [6.07, 6.45) is 9.17. The molecule has 0 aliphatic heterocycles. The van der Waals surface area contributed by atoms with E-state index in [4.69, 9.17) is 22.2 Å². The molecule has 0 heterocycles. The lowest BCUT2D eigenvalue weighted by molar-refractivity contribution is 0.583. The number of halogens is 2. The normalized spacial score (nSPS) is 13.6. The van der Waals surface area contributed by atoms with Gasteiger partial charge in [0.2, 0.25) is 7.42 Å².